The van der Waals surface area contributed by atoms with E-state index < -0.39 is 6.09 Å². The number of benzene rings is 1. The van der Waals surface area contributed by atoms with Gasteiger partial charge in [0.15, 0.2) is 0 Å². The highest BCUT2D eigenvalue weighted by Gasteiger charge is 2.14. The number of aromatic nitrogens is 1. The molecule has 2 rings (SSSR count). The van der Waals surface area contributed by atoms with Crippen LogP contribution in [0.3, 0.4) is 0 Å². The molecular formula is C12H13NO3S. The number of carbonyl (C=O) groups is 1. The molecule has 0 saturated heterocycles. The molecule has 1 aromatic heterocycles. The highest BCUT2D eigenvalue weighted by molar-refractivity contribution is 7.16. The van der Waals surface area contributed by atoms with Crippen LogP contribution in [0.5, 0.6) is 0 Å². The number of para-hydroxylation sites is 1. The van der Waals surface area contributed by atoms with Gasteiger partial charge in [-0.3, -0.25) is 4.79 Å². The molecule has 0 aliphatic carbocycles. The number of nitrogens with zero attached hydrogens (tertiary/aromatic N) is 1. The topological polar surface area (TPSA) is 48.3 Å². The Labute approximate surface area is 102 Å². The summed E-state index contributed by atoms with van der Waals surface area (Å²) in [6, 6.07) is 7.20. The first kappa shape index (κ1) is 11.9. The van der Waals surface area contributed by atoms with Crippen molar-refractivity contribution in [2.75, 3.05) is 6.61 Å². The molecule has 90 valence electrons. The Morgan fingerprint density at radius 2 is 2.18 bits per heavy atom. The zero-order valence-electron chi connectivity index (χ0n) is 9.51. The SMILES string of the molecule is CCCCOC(=O)n1c(=O)sc2ccccc21. The van der Waals surface area contributed by atoms with Crippen molar-refractivity contribution in [1.29, 1.82) is 0 Å². The van der Waals surface area contributed by atoms with E-state index in [4.69, 9.17) is 4.74 Å². The average molecular weight is 251 g/mol. The predicted molar refractivity (Wildman–Crippen MR) is 67.7 cm³/mol. The van der Waals surface area contributed by atoms with E-state index in [-0.39, 0.29) is 4.87 Å². The number of rotatable bonds is 3. The van der Waals surface area contributed by atoms with Crippen molar-refractivity contribution in [3.05, 3.63) is 33.9 Å². The minimum absolute atomic E-state index is 0.298. The van der Waals surface area contributed by atoms with Gasteiger partial charge in [0.25, 0.3) is 0 Å². The van der Waals surface area contributed by atoms with Crippen LogP contribution >= 0.6 is 11.3 Å². The van der Waals surface area contributed by atoms with Gasteiger partial charge in [0.05, 0.1) is 16.8 Å². The van der Waals surface area contributed by atoms with E-state index >= 15 is 0 Å². The number of hydrogen-bond donors (Lipinski definition) is 0. The maximum Gasteiger partial charge on any atom is 0.422 e. The summed E-state index contributed by atoms with van der Waals surface area (Å²) < 4.78 is 6.94. The molecule has 1 aromatic carbocycles. The molecule has 0 fully saturated rings. The minimum atomic E-state index is -0.582. The molecule has 2 aromatic rings. The molecular weight excluding hydrogens is 238 g/mol. The van der Waals surface area contributed by atoms with Gasteiger partial charge in [-0.05, 0) is 18.6 Å². The van der Waals surface area contributed by atoms with Crippen molar-refractivity contribution >= 4 is 27.6 Å². The second kappa shape index (κ2) is 5.14. The monoisotopic (exact) mass is 251 g/mol. The molecule has 0 atom stereocenters. The van der Waals surface area contributed by atoms with Crippen LogP contribution in [0.4, 0.5) is 4.79 Å². The number of fused-ring (bicyclic) bond motifs is 1. The second-order valence-electron chi connectivity index (χ2n) is 3.64. The molecule has 0 bridgehead atoms. The molecule has 17 heavy (non-hydrogen) atoms. The van der Waals surface area contributed by atoms with Gasteiger partial charge in [0.2, 0.25) is 0 Å². The summed E-state index contributed by atoms with van der Waals surface area (Å²) in [6.07, 6.45) is 1.18. The molecule has 0 saturated carbocycles. The molecule has 1 heterocycles. The lowest BCUT2D eigenvalue weighted by Gasteiger charge is -2.04. The van der Waals surface area contributed by atoms with E-state index in [1.54, 1.807) is 12.1 Å². The molecule has 0 amide bonds. The highest BCUT2D eigenvalue weighted by atomic mass is 32.1. The van der Waals surface area contributed by atoms with Gasteiger partial charge in [0.1, 0.15) is 0 Å². The van der Waals surface area contributed by atoms with E-state index in [2.05, 4.69) is 0 Å². The first-order valence-electron chi connectivity index (χ1n) is 5.51. The van der Waals surface area contributed by atoms with Crippen LogP contribution in [0.2, 0.25) is 0 Å². The lowest BCUT2D eigenvalue weighted by Crippen LogP contribution is -2.23. The van der Waals surface area contributed by atoms with Crippen molar-refractivity contribution in [3.8, 4) is 0 Å². The molecule has 0 aliphatic heterocycles. The van der Waals surface area contributed by atoms with Crippen molar-refractivity contribution in [1.82, 2.24) is 4.57 Å². The van der Waals surface area contributed by atoms with Crippen molar-refractivity contribution in [3.63, 3.8) is 0 Å². The maximum absolute atomic E-state index is 11.8. The zero-order valence-corrected chi connectivity index (χ0v) is 10.3. The molecule has 0 spiro atoms. The third kappa shape index (κ3) is 2.39. The standard InChI is InChI=1S/C12H13NO3S/c1-2-3-8-16-11(14)13-9-6-4-5-7-10(9)17-12(13)15/h4-7H,2-3,8H2,1H3. The fourth-order valence-electron chi connectivity index (χ4n) is 1.51. The van der Waals surface area contributed by atoms with Crippen LogP contribution in [-0.4, -0.2) is 17.3 Å². The number of thiazole rings is 1. The fourth-order valence-corrected chi connectivity index (χ4v) is 2.37. The lowest BCUT2D eigenvalue weighted by atomic mass is 10.3. The number of unbranched alkanes of at least 4 members (excludes halogenated alkanes) is 1. The quantitative estimate of drug-likeness (QED) is 0.788. The Morgan fingerprint density at radius 3 is 2.94 bits per heavy atom. The van der Waals surface area contributed by atoms with Crippen LogP contribution in [0.15, 0.2) is 29.1 Å². The Kier molecular flexibility index (Phi) is 3.58. The Morgan fingerprint density at radius 1 is 1.41 bits per heavy atom. The second-order valence-corrected chi connectivity index (χ2v) is 4.63. The first-order valence-corrected chi connectivity index (χ1v) is 6.33. The summed E-state index contributed by atoms with van der Waals surface area (Å²) in [5.41, 5.74) is 0.615. The lowest BCUT2D eigenvalue weighted by molar-refractivity contribution is 0.147. The van der Waals surface area contributed by atoms with Gasteiger partial charge in [-0.1, -0.05) is 36.8 Å². The number of ether oxygens (including phenoxy) is 1. The normalized spacial score (nSPS) is 10.6. The Hall–Kier alpha value is -1.62. The summed E-state index contributed by atoms with van der Waals surface area (Å²) in [5.74, 6) is 0. The average Bonchev–Trinajstić information content (AvgIpc) is 2.65. The third-order valence-electron chi connectivity index (χ3n) is 2.39. The zero-order chi connectivity index (χ0) is 12.3. The fraction of sp³-hybridized carbons (Fsp3) is 0.333. The largest absolute Gasteiger partial charge is 0.449 e. The van der Waals surface area contributed by atoms with Gasteiger partial charge >= 0.3 is 11.0 Å². The third-order valence-corrected chi connectivity index (χ3v) is 3.31. The van der Waals surface area contributed by atoms with Crippen LogP contribution in [0.1, 0.15) is 19.8 Å². The highest BCUT2D eigenvalue weighted by Crippen LogP contribution is 2.16. The smallest absolute Gasteiger partial charge is 0.422 e. The van der Waals surface area contributed by atoms with Crippen LogP contribution < -0.4 is 4.87 Å². The summed E-state index contributed by atoms with van der Waals surface area (Å²) >= 11 is 1.05. The molecule has 5 heteroatoms. The van der Waals surface area contributed by atoms with Crippen molar-refractivity contribution in [2.24, 2.45) is 0 Å². The van der Waals surface area contributed by atoms with E-state index in [0.29, 0.717) is 12.1 Å². The van der Waals surface area contributed by atoms with Gasteiger partial charge in [-0.15, -0.1) is 0 Å². The van der Waals surface area contributed by atoms with E-state index in [0.717, 1.165) is 33.4 Å². The first-order chi connectivity index (χ1) is 8.24. The van der Waals surface area contributed by atoms with Gasteiger partial charge in [-0.2, -0.15) is 0 Å². The molecule has 0 radical (unpaired) electrons. The summed E-state index contributed by atoms with van der Waals surface area (Å²) in [5, 5.41) is 0. The van der Waals surface area contributed by atoms with Gasteiger partial charge in [-0.25, -0.2) is 9.36 Å². The molecule has 0 unspecified atom stereocenters. The van der Waals surface area contributed by atoms with E-state index in [1.807, 2.05) is 19.1 Å². The summed E-state index contributed by atoms with van der Waals surface area (Å²) in [7, 11) is 0. The van der Waals surface area contributed by atoms with E-state index in [9.17, 15) is 9.59 Å². The summed E-state index contributed by atoms with van der Waals surface area (Å²) in [6.45, 7) is 2.37. The Balaban J connectivity index is 2.31. The van der Waals surface area contributed by atoms with Crippen LogP contribution in [-0.2, 0) is 4.74 Å². The van der Waals surface area contributed by atoms with Gasteiger partial charge < -0.3 is 4.74 Å². The number of carbonyl (C=O) groups excluding carboxylic acids is 1. The molecule has 0 N–H and O–H groups in total. The molecule has 4 nitrogen and oxygen atoms in total. The van der Waals surface area contributed by atoms with Crippen LogP contribution in [0, 0.1) is 0 Å². The summed E-state index contributed by atoms with van der Waals surface area (Å²) in [4.78, 5) is 23.2. The number of hydrogen-bond acceptors (Lipinski definition) is 4. The van der Waals surface area contributed by atoms with E-state index in [1.165, 1.54) is 0 Å². The Bertz CT molecular complexity index is 585. The van der Waals surface area contributed by atoms with Gasteiger partial charge in [0, 0.05) is 0 Å². The van der Waals surface area contributed by atoms with Crippen molar-refractivity contribution < 1.29 is 9.53 Å². The minimum Gasteiger partial charge on any atom is -0.449 e. The molecule has 0 aliphatic rings. The van der Waals surface area contributed by atoms with Crippen LogP contribution in [0.25, 0.3) is 10.2 Å². The maximum atomic E-state index is 11.8. The van der Waals surface area contributed by atoms with Crippen molar-refractivity contribution in [2.45, 2.75) is 19.8 Å². The predicted octanol–water partition coefficient (Wildman–Crippen LogP) is 2.85.